The van der Waals surface area contributed by atoms with Gasteiger partial charge in [0, 0.05) is 37.4 Å². The molecule has 0 aliphatic carbocycles. The van der Waals surface area contributed by atoms with E-state index in [9.17, 15) is 4.79 Å². The van der Waals surface area contributed by atoms with E-state index in [0.717, 1.165) is 22.2 Å². The van der Waals surface area contributed by atoms with E-state index in [1.165, 1.54) is 11.3 Å². The minimum absolute atomic E-state index is 0.0420. The number of aromatic nitrogens is 1. The molecule has 126 valence electrons. The van der Waals surface area contributed by atoms with E-state index in [1.807, 2.05) is 30.4 Å². The molecular weight excluding hydrogens is 362 g/mol. The van der Waals surface area contributed by atoms with Crippen LogP contribution in [0.3, 0.4) is 0 Å². The highest BCUT2D eigenvalue weighted by Gasteiger charge is 2.19. The number of fused-ring (bicyclic) bond motifs is 1. The summed E-state index contributed by atoms with van der Waals surface area (Å²) in [6, 6.07) is 3.94. The van der Waals surface area contributed by atoms with Crippen molar-refractivity contribution in [2.45, 2.75) is 6.54 Å². The Balaban J connectivity index is 1.86. The summed E-state index contributed by atoms with van der Waals surface area (Å²) in [5.41, 5.74) is 1.16. The van der Waals surface area contributed by atoms with E-state index < -0.39 is 0 Å². The van der Waals surface area contributed by atoms with Crippen LogP contribution in [0.25, 0.3) is 10.1 Å². The van der Waals surface area contributed by atoms with E-state index in [0.29, 0.717) is 23.0 Å². The van der Waals surface area contributed by atoms with E-state index in [-0.39, 0.29) is 5.91 Å². The summed E-state index contributed by atoms with van der Waals surface area (Å²) in [4.78, 5) is 21.8. The van der Waals surface area contributed by atoms with Gasteiger partial charge in [-0.15, -0.1) is 11.3 Å². The van der Waals surface area contributed by atoms with Crippen molar-refractivity contribution in [1.29, 1.82) is 0 Å². The van der Waals surface area contributed by atoms with Gasteiger partial charge in [0.15, 0.2) is 0 Å². The zero-order valence-corrected chi connectivity index (χ0v) is 15.9. The number of thiophene rings is 2. The van der Waals surface area contributed by atoms with Crippen LogP contribution in [0.5, 0.6) is 0 Å². The average molecular weight is 380 g/mol. The lowest BCUT2D eigenvalue weighted by Gasteiger charge is -2.23. The molecule has 0 unspecified atom stereocenters. The molecule has 4 nitrogen and oxygen atoms in total. The predicted octanol–water partition coefficient (Wildman–Crippen LogP) is 4.22. The SMILES string of the molecule is CN(C)CCN(Cc1ccsc1)C(=O)c1cc2c(Cl)cncc2s1. The Morgan fingerprint density at radius 3 is 2.79 bits per heavy atom. The summed E-state index contributed by atoms with van der Waals surface area (Å²) in [6.07, 6.45) is 3.37. The van der Waals surface area contributed by atoms with Crippen molar-refractivity contribution in [3.8, 4) is 0 Å². The zero-order valence-electron chi connectivity index (χ0n) is 13.5. The second kappa shape index (κ2) is 7.61. The lowest BCUT2D eigenvalue weighted by atomic mass is 10.2. The van der Waals surface area contributed by atoms with Gasteiger partial charge < -0.3 is 9.80 Å². The second-order valence-electron chi connectivity index (χ2n) is 5.81. The van der Waals surface area contributed by atoms with Crippen LogP contribution in [-0.4, -0.2) is 47.9 Å². The molecule has 0 aliphatic rings. The maximum Gasteiger partial charge on any atom is 0.264 e. The van der Waals surface area contributed by atoms with Gasteiger partial charge in [0.25, 0.3) is 5.91 Å². The van der Waals surface area contributed by atoms with Crippen LogP contribution >= 0.6 is 34.3 Å². The van der Waals surface area contributed by atoms with E-state index in [2.05, 4.69) is 21.3 Å². The quantitative estimate of drug-likeness (QED) is 0.643. The number of likely N-dealkylation sites (N-methyl/N-ethyl adjacent to an activating group) is 1. The molecule has 24 heavy (non-hydrogen) atoms. The fourth-order valence-electron chi connectivity index (χ4n) is 2.36. The highest BCUT2D eigenvalue weighted by molar-refractivity contribution is 7.20. The van der Waals surface area contributed by atoms with Crippen molar-refractivity contribution in [2.75, 3.05) is 27.2 Å². The van der Waals surface area contributed by atoms with Crippen LogP contribution in [0.1, 0.15) is 15.2 Å². The van der Waals surface area contributed by atoms with Gasteiger partial charge in [0.2, 0.25) is 0 Å². The van der Waals surface area contributed by atoms with Gasteiger partial charge in [0.1, 0.15) is 0 Å². The second-order valence-corrected chi connectivity index (χ2v) is 8.08. The van der Waals surface area contributed by atoms with Gasteiger partial charge in [-0.25, -0.2) is 0 Å². The van der Waals surface area contributed by atoms with Gasteiger partial charge in [0.05, 0.1) is 14.6 Å². The maximum atomic E-state index is 13.0. The molecule has 0 fully saturated rings. The molecule has 3 aromatic heterocycles. The maximum absolute atomic E-state index is 13.0. The predicted molar refractivity (Wildman–Crippen MR) is 102 cm³/mol. The van der Waals surface area contributed by atoms with E-state index in [4.69, 9.17) is 11.6 Å². The molecule has 0 saturated carbocycles. The van der Waals surface area contributed by atoms with Gasteiger partial charge in [-0.1, -0.05) is 11.6 Å². The Kier molecular flexibility index (Phi) is 5.50. The minimum atomic E-state index is 0.0420. The van der Waals surface area contributed by atoms with Crippen LogP contribution in [-0.2, 0) is 6.54 Å². The van der Waals surface area contributed by atoms with Crippen molar-refractivity contribution < 1.29 is 4.79 Å². The number of hydrogen-bond acceptors (Lipinski definition) is 5. The zero-order chi connectivity index (χ0) is 17.1. The summed E-state index contributed by atoms with van der Waals surface area (Å²) < 4.78 is 0.939. The molecule has 0 radical (unpaired) electrons. The molecule has 0 bridgehead atoms. The van der Waals surface area contributed by atoms with Gasteiger partial charge in [-0.05, 0) is 42.6 Å². The first-order chi connectivity index (χ1) is 11.5. The van der Waals surface area contributed by atoms with Crippen molar-refractivity contribution >= 4 is 50.3 Å². The van der Waals surface area contributed by atoms with Crippen molar-refractivity contribution in [1.82, 2.24) is 14.8 Å². The molecule has 1 amide bonds. The topological polar surface area (TPSA) is 36.4 Å². The standard InChI is InChI=1S/C17H18ClN3OS2/c1-20(2)4-5-21(10-12-3-6-23-11-12)17(22)15-7-13-14(18)8-19-9-16(13)24-15/h3,6-9,11H,4-5,10H2,1-2H3. The van der Waals surface area contributed by atoms with E-state index in [1.54, 1.807) is 23.7 Å². The largest absolute Gasteiger partial charge is 0.332 e. The van der Waals surface area contributed by atoms with E-state index >= 15 is 0 Å². The number of nitrogens with zero attached hydrogens (tertiary/aromatic N) is 3. The van der Waals surface area contributed by atoms with Crippen LogP contribution in [0.4, 0.5) is 0 Å². The molecular formula is C17H18ClN3OS2. The molecule has 3 heterocycles. The molecule has 0 atom stereocenters. The number of hydrogen-bond donors (Lipinski definition) is 0. The first-order valence-electron chi connectivity index (χ1n) is 7.52. The first kappa shape index (κ1) is 17.4. The smallest absolute Gasteiger partial charge is 0.264 e. The molecule has 7 heteroatoms. The van der Waals surface area contributed by atoms with Gasteiger partial charge in [-0.2, -0.15) is 11.3 Å². The number of halogens is 1. The molecule has 0 aromatic carbocycles. The first-order valence-corrected chi connectivity index (χ1v) is 9.66. The van der Waals surface area contributed by atoms with Gasteiger partial charge in [-0.3, -0.25) is 9.78 Å². The van der Waals surface area contributed by atoms with Crippen molar-refractivity contribution in [3.63, 3.8) is 0 Å². The van der Waals surface area contributed by atoms with Gasteiger partial charge >= 0.3 is 0 Å². The Morgan fingerprint density at radius 2 is 2.12 bits per heavy atom. The summed E-state index contributed by atoms with van der Waals surface area (Å²) in [5.74, 6) is 0.0420. The summed E-state index contributed by atoms with van der Waals surface area (Å²) in [5, 5.41) is 5.60. The molecule has 3 rings (SSSR count). The molecule has 0 saturated heterocycles. The summed E-state index contributed by atoms with van der Waals surface area (Å²) in [7, 11) is 4.02. The fraction of sp³-hybridized carbons (Fsp3) is 0.294. The highest BCUT2D eigenvalue weighted by atomic mass is 35.5. The number of amides is 1. The number of pyridine rings is 1. The third kappa shape index (κ3) is 3.95. The van der Waals surface area contributed by atoms with Crippen LogP contribution in [0, 0.1) is 0 Å². The molecule has 0 spiro atoms. The normalized spacial score (nSPS) is 11.3. The highest BCUT2D eigenvalue weighted by Crippen LogP contribution is 2.31. The lowest BCUT2D eigenvalue weighted by molar-refractivity contribution is 0.0737. The number of carbonyl (C=O) groups is 1. The van der Waals surface area contributed by atoms with Crippen molar-refractivity contribution in [3.05, 3.63) is 50.7 Å². The Morgan fingerprint density at radius 1 is 1.29 bits per heavy atom. The number of rotatable bonds is 6. The van der Waals surface area contributed by atoms with Crippen LogP contribution in [0.15, 0.2) is 35.3 Å². The molecule has 0 N–H and O–H groups in total. The third-order valence-corrected chi connectivity index (χ3v) is 5.76. The van der Waals surface area contributed by atoms with Crippen LogP contribution < -0.4 is 0 Å². The molecule has 3 aromatic rings. The number of carbonyl (C=O) groups excluding carboxylic acids is 1. The molecule has 0 aliphatic heterocycles. The summed E-state index contributed by atoms with van der Waals surface area (Å²) >= 11 is 9.28. The average Bonchev–Trinajstić information content (AvgIpc) is 3.20. The minimum Gasteiger partial charge on any atom is -0.332 e. The fourth-order valence-corrected chi connectivity index (χ4v) is 4.32. The van der Waals surface area contributed by atoms with Crippen molar-refractivity contribution in [2.24, 2.45) is 0 Å². The Bertz CT molecular complexity index is 830. The Hall–Kier alpha value is -1.47. The monoisotopic (exact) mass is 379 g/mol. The Labute approximate surface area is 154 Å². The lowest BCUT2D eigenvalue weighted by Crippen LogP contribution is -2.35. The van der Waals surface area contributed by atoms with Crippen LogP contribution in [0.2, 0.25) is 5.02 Å². The third-order valence-electron chi connectivity index (χ3n) is 3.67. The summed E-state index contributed by atoms with van der Waals surface area (Å²) in [6.45, 7) is 2.13.